The van der Waals surface area contributed by atoms with Crippen molar-refractivity contribution in [1.82, 2.24) is 4.90 Å². The van der Waals surface area contributed by atoms with Crippen LogP contribution in [0.5, 0.6) is 5.75 Å². The number of benzene rings is 2. The molecule has 6 heteroatoms. The van der Waals surface area contributed by atoms with Crippen molar-refractivity contribution in [2.75, 3.05) is 20.0 Å². The molecule has 0 aromatic heterocycles. The first-order chi connectivity index (χ1) is 15.1. The predicted octanol–water partition coefficient (Wildman–Crippen LogP) is 5.28. The summed E-state index contributed by atoms with van der Waals surface area (Å²) in [7, 11) is 3.38. The molecule has 166 valence electrons. The molecular formula is C25H31NO4S. The molecule has 0 radical (unpaired) electrons. The van der Waals surface area contributed by atoms with Gasteiger partial charge in [-0.25, -0.2) is 0 Å². The summed E-state index contributed by atoms with van der Waals surface area (Å²) >= 11 is 1.36. The van der Waals surface area contributed by atoms with Crippen LogP contribution in [0.25, 0.3) is 0 Å². The third-order valence-corrected chi connectivity index (χ3v) is 7.32. The van der Waals surface area contributed by atoms with Gasteiger partial charge in [0, 0.05) is 25.8 Å². The van der Waals surface area contributed by atoms with E-state index in [1.165, 1.54) is 17.3 Å². The number of hydrogen-bond donors (Lipinski definition) is 0. The van der Waals surface area contributed by atoms with Gasteiger partial charge in [-0.3, -0.25) is 4.79 Å². The first-order valence-electron chi connectivity index (χ1n) is 11.0. The molecule has 0 aliphatic carbocycles. The lowest BCUT2D eigenvalue weighted by Gasteiger charge is -2.46. The summed E-state index contributed by atoms with van der Waals surface area (Å²) in [6.45, 7) is 0.545. The van der Waals surface area contributed by atoms with E-state index in [9.17, 15) is 4.79 Å². The van der Waals surface area contributed by atoms with Gasteiger partial charge < -0.3 is 19.1 Å². The normalized spacial score (nSPS) is 26.3. The minimum absolute atomic E-state index is 0.0900. The Labute approximate surface area is 189 Å². The molecule has 1 amide bonds. The van der Waals surface area contributed by atoms with E-state index in [1.807, 2.05) is 35.2 Å². The number of thioether (sulfide) groups is 1. The van der Waals surface area contributed by atoms with Gasteiger partial charge in [0.25, 0.3) is 5.24 Å². The highest BCUT2D eigenvalue weighted by atomic mass is 32.2. The third-order valence-electron chi connectivity index (χ3n) is 6.36. The third kappa shape index (κ3) is 5.08. The molecule has 0 N–H and O–H groups in total. The molecule has 5 nitrogen and oxygen atoms in total. The molecule has 4 rings (SSSR count). The van der Waals surface area contributed by atoms with Gasteiger partial charge >= 0.3 is 0 Å². The number of methoxy groups -OCH3 is 2. The van der Waals surface area contributed by atoms with Crippen LogP contribution in [0.15, 0.2) is 54.6 Å². The summed E-state index contributed by atoms with van der Waals surface area (Å²) in [5.74, 6) is 0.757. The lowest BCUT2D eigenvalue weighted by molar-refractivity contribution is -0.289. The van der Waals surface area contributed by atoms with Crippen molar-refractivity contribution < 1.29 is 19.0 Å². The van der Waals surface area contributed by atoms with Gasteiger partial charge in [-0.15, -0.1) is 0 Å². The molecule has 0 spiro atoms. The van der Waals surface area contributed by atoms with Gasteiger partial charge in [-0.05, 0) is 48.9 Å². The highest BCUT2D eigenvalue weighted by molar-refractivity contribution is 8.13. The molecule has 31 heavy (non-hydrogen) atoms. The van der Waals surface area contributed by atoms with Gasteiger partial charge in [-0.2, -0.15) is 0 Å². The maximum absolute atomic E-state index is 12.8. The van der Waals surface area contributed by atoms with E-state index in [-0.39, 0.29) is 17.4 Å². The molecule has 2 unspecified atom stereocenters. The second-order valence-electron chi connectivity index (χ2n) is 8.24. The van der Waals surface area contributed by atoms with Crippen molar-refractivity contribution in [1.29, 1.82) is 0 Å². The number of rotatable bonds is 8. The Balaban J connectivity index is 1.46. The smallest absolute Gasteiger partial charge is 0.282 e. The van der Waals surface area contributed by atoms with Gasteiger partial charge in [0.05, 0.1) is 19.3 Å². The molecule has 2 saturated heterocycles. The van der Waals surface area contributed by atoms with Crippen LogP contribution in [0.1, 0.15) is 36.8 Å². The largest absolute Gasteiger partial charge is 0.497 e. The first kappa shape index (κ1) is 22.2. The predicted molar refractivity (Wildman–Crippen MR) is 123 cm³/mol. The van der Waals surface area contributed by atoms with Crippen LogP contribution < -0.4 is 4.74 Å². The zero-order chi connectivity index (χ0) is 21.7. The molecular weight excluding hydrogens is 410 g/mol. The molecule has 2 fully saturated rings. The van der Waals surface area contributed by atoms with Crippen LogP contribution >= 0.6 is 11.8 Å². The Kier molecular flexibility index (Phi) is 7.20. The standard InChI is InChI=1S/C25H31NO4S/c1-28-21-13-11-20(12-14-21)17-26-23(18-31-24(26)27)25(29-2)16-6-9-22(30-25)15-10-19-7-4-3-5-8-19/h3-5,7-8,11-14,22-23H,6,9-10,15-18H2,1-2H3/t22?,23-,25?/m0/s1. The fraction of sp³-hybridized carbons (Fsp3) is 0.480. The Morgan fingerprint density at radius 2 is 1.87 bits per heavy atom. The van der Waals surface area contributed by atoms with Crippen LogP contribution in [0.2, 0.25) is 0 Å². The lowest BCUT2D eigenvalue weighted by Crippen LogP contribution is -2.57. The van der Waals surface area contributed by atoms with Gasteiger partial charge in [0.1, 0.15) is 5.75 Å². The highest BCUT2D eigenvalue weighted by Gasteiger charge is 2.51. The minimum atomic E-state index is -0.745. The lowest BCUT2D eigenvalue weighted by atomic mass is 9.92. The number of carbonyl (C=O) groups excluding carboxylic acids is 1. The summed E-state index contributed by atoms with van der Waals surface area (Å²) in [6.07, 6.45) is 4.96. The fourth-order valence-corrected chi connectivity index (χ4v) is 5.69. The zero-order valence-electron chi connectivity index (χ0n) is 18.3. The van der Waals surface area contributed by atoms with Gasteiger partial charge in [0.2, 0.25) is 0 Å². The van der Waals surface area contributed by atoms with Crippen molar-refractivity contribution in [2.24, 2.45) is 0 Å². The van der Waals surface area contributed by atoms with E-state index >= 15 is 0 Å². The maximum Gasteiger partial charge on any atom is 0.282 e. The van der Waals surface area contributed by atoms with E-state index in [4.69, 9.17) is 14.2 Å². The molecule has 0 bridgehead atoms. The minimum Gasteiger partial charge on any atom is -0.497 e. The number of aryl methyl sites for hydroxylation is 1. The van der Waals surface area contributed by atoms with Crippen molar-refractivity contribution in [3.05, 3.63) is 65.7 Å². The Morgan fingerprint density at radius 3 is 2.58 bits per heavy atom. The van der Waals surface area contributed by atoms with Gasteiger partial charge in [-0.1, -0.05) is 54.2 Å². The van der Waals surface area contributed by atoms with Gasteiger partial charge in [0.15, 0.2) is 5.79 Å². The number of amides is 1. The topological polar surface area (TPSA) is 48.0 Å². The van der Waals surface area contributed by atoms with E-state index in [0.717, 1.165) is 43.4 Å². The summed E-state index contributed by atoms with van der Waals surface area (Å²) in [4.78, 5) is 14.7. The second kappa shape index (κ2) is 10.1. The summed E-state index contributed by atoms with van der Waals surface area (Å²) in [6, 6.07) is 18.3. The molecule has 2 heterocycles. The van der Waals surface area contributed by atoms with Crippen LogP contribution in [0, 0.1) is 0 Å². The summed E-state index contributed by atoms with van der Waals surface area (Å²) in [5.41, 5.74) is 2.40. The van der Waals surface area contributed by atoms with E-state index in [0.29, 0.717) is 12.3 Å². The van der Waals surface area contributed by atoms with Crippen LogP contribution in [-0.2, 0) is 22.4 Å². The van der Waals surface area contributed by atoms with Crippen LogP contribution in [0.3, 0.4) is 0 Å². The van der Waals surface area contributed by atoms with Crippen molar-refractivity contribution in [3.8, 4) is 5.75 Å². The fourth-order valence-electron chi connectivity index (χ4n) is 4.60. The average molecular weight is 442 g/mol. The van der Waals surface area contributed by atoms with Crippen molar-refractivity contribution in [3.63, 3.8) is 0 Å². The molecule has 0 saturated carbocycles. The summed E-state index contributed by atoms with van der Waals surface area (Å²) in [5, 5.41) is 0.0900. The zero-order valence-corrected chi connectivity index (χ0v) is 19.1. The van der Waals surface area contributed by atoms with Crippen molar-refractivity contribution in [2.45, 2.75) is 56.6 Å². The number of ether oxygens (including phenoxy) is 3. The van der Waals surface area contributed by atoms with Crippen molar-refractivity contribution >= 4 is 17.0 Å². The second-order valence-corrected chi connectivity index (χ2v) is 9.21. The average Bonchev–Trinajstić information content (AvgIpc) is 3.19. The Morgan fingerprint density at radius 1 is 1.10 bits per heavy atom. The molecule has 2 aliphatic heterocycles. The van der Waals surface area contributed by atoms with E-state index in [1.54, 1.807) is 14.2 Å². The van der Waals surface area contributed by atoms with E-state index < -0.39 is 5.79 Å². The number of carbonyl (C=O) groups is 1. The van der Waals surface area contributed by atoms with E-state index in [2.05, 4.69) is 24.3 Å². The molecule has 2 aliphatic rings. The summed E-state index contributed by atoms with van der Waals surface area (Å²) < 4.78 is 17.9. The number of hydrogen-bond acceptors (Lipinski definition) is 5. The van der Waals surface area contributed by atoms with Crippen LogP contribution in [-0.4, -0.2) is 48.0 Å². The van der Waals surface area contributed by atoms with Crippen LogP contribution in [0.4, 0.5) is 4.79 Å². The Hall–Kier alpha value is -2.02. The highest BCUT2D eigenvalue weighted by Crippen LogP contribution is 2.41. The SMILES string of the molecule is COc1ccc(CN2C(=O)SC[C@H]2C2(OC)CCCC(CCc3ccccc3)O2)cc1. The Bertz CT molecular complexity index is 860. The molecule has 2 aromatic rings. The molecule has 3 atom stereocenters. The quantitative estimate of drug-likeness (QED) is 0.558. The number of nitrogens with zero attached hydrogens (tertiary/aromatic N) is 1. The first-order valence-corrected chi connectivity index (χ1v) is 12.0. The monoisotopic (exact) mass is 441 g/mol. The maximum atomic E-state index is 12.8. The molecule has 2 aromatic carbocycles.